The Labute approximate surface area is 170 Å². The Morgan fingerprint density at radius 3 is 2.66 bits per heavy atom. The molecule has 2 aromatic rings. The van der Waals surface area contributed by atoms with Crippen LogP contribution in [0, 0.1) is 0 Å². The molecule has 1 spiro atoms. The van der Waals surface area contributed by atoms with Crippen LogP contribution in [-0.2, 0) is 21.5 Å². The number of carbonyl (C=O) groups is 2. The molecule has 0 unspecified atom stereocenters. The lowest BCUT2D eigenvalue weighted by molar-refractivity contribution is -0.137. The molecule has 2 N–H and O–H groups in total. The molecule has 8 nitrogen and oxygen atoms in total. The van der Waals surface area contributed by atoms with Crippen molar-refractivity contribution in [2.24, 2.45) is 0 Å². The molecule has 0 saturated carbocycles. The van der Waals surface area contributed by atoms with Crippen molar-refractivity contribution in [3.63, 3.8) is 0 Å². The summed E-state index contributed by atoms with van der Waals surface area (Å²) in [6.45, 7) is 1.22. The predicted octanol–water partition coefficient (Wildman–Crippen LogP) is 0.909. The van der Waals surface area contributed by atoms with E-state index in [9.17, 15) is 9.59 Å². The Hall–Kier alpha value is -2.87. The number of hydrogen-bond donors (Lipinski definition) is 2. The molecule has 2 aliphatic rings. The first-order valence-electron chi connectivity index (χ1n) is 9.96. The Morgan fingerprint density at radius 1 is 1.24 bits per heavy atom. The van der Waals surface area contributed by atoms with Crippen molar-refractivity contribution in [3.8, 4) is 5.75 Å². The molecule has 1 aromatic heterocycles. The molecule has 1 fully saturated rings. The third kappa shape index (κ3) is 3.85. The Bertz CT molecular complexity index is 871. The molecule has 29 heavy (non-hydrogen) atoms. The van der Waals surface area contributed by atoms with E-state index in [1.54, 1.807) is 25.3 Å². The van der Waals surface area contributed by atoms with E-state index < -0.39 is 0 Å². The zero-order valence-corrected chi connectivity index (χ0v) is 16.9. The number of carbonyl (C=O) groups excluding carboxylic acids is 2. The first-order valence-corrected chi connectivity index (χ1v) is 9.96. The smallest absolute Gasteiger partial charge is 0.260 e. The minimum atomic E-state index is -0.388. The number of benzene rings is 1. The molecule has 2 aliphatic heterocycles. The second-order valence-corrected chi connectivity index (χ2v) is 7.93. The van der Waals surface area contributed by atoms with Crippen molar-refractivity contribution < 1.29 is 14.3 Å². The van der Waals surface area contributed by atoms with Crippen LogP contribution < -0.4 is 10.1 Å². The molecule has 8 heteroatoms. The van der Waals surface area contributed by atoms with Crippen LogP contribution in [0.1, 0.15) is 24.2 Å². The number of rotatable bonds is 4. The number of fused-ring (bicyclic) bond motifs is 2. The summed E-state index contributed by atoms with van der Waals surface area (Å²) < 4.78 is 5.60. The van der Waals surface area contributed by atoms with Gasteiger partial charge in [0.1, 0.15) is 5.75 Å². The van der Waals surface area contributed by atoms with E-state index in [1.807, 2.05) is 35.2 Å². The van der Waals surface area contributed by atoms with Crippen LogP contribution in [0.4, 0.5) is 0 Å². The summed E-state index contributed by atoms with van der Waals surface area (Å²) in [5.74, 6) is 0.719. The highest BCUT2D eigenvalue weighted by Gasteiger charge is 2.46. The zero-order chi connectivity index (χ0) is 20.4. The number of H-pyrrole nitrogens is 1. The summed E-state index contributed by atoms with van der Waals surface area (Å²) in [6, 6.07) is 9.06. The Morgan fingerprint density at radius 2 is 1.97 bits per heavy atom. The number of nitrogens with zero attached hydrogens (tertiary/aromatic N) is 3. The van der Waals surface area contributed by atoms with E-state index in [4.69, 9.17) is 4.74 Å². The number of amides is 2. The lowest BCUT2D eigenvalue weighted by Gasteiger charge is -2.46. The lowest BCUT2D eigenvalue weighted by Crippen LogP contribution is -2.61. The van der Waals surface area contributed by atoms with Gasteiger partial charge in [-0.3, -0.25) is 14.9 Å². The molecule has 3 heterocycles. The van der Waals surface area contributed by atoms with Gasteiger partial charge in [-0.1, -0.05) is 18.2 Å². The fourth-order valence-corrected chi connectivity index (χ4v) is 4.28. The van der Waals surface area contributed by atoms with Gasteiger partial charge in [-0.05, 0) is 25.0 Å². The van der Waals surface area contributed by atoms with Crippen molar-refractivity contribution in [2.45, 2.75) is 30.8 Å². The van der Waals surface area contributed by atoms with Gasteiger partial charge >= 0.3 is 0 Å². The standard InChI is InChI=1S/C21H27N5O3/c1-25(2)20(28)17-12-16-19(23-14-22-16)21(24-17)8-10-26(11-9-21)18(27)13-29-15-6-4-3-5-7-15/h3-7,14,17,24H,8-13H2,1-2H3,(H,22,23)/t17-/m0/s1. The first kappa shape index (κ1) is 19.4. The van der Waals surface area contributed by atoms with Gasteiger partial charge in [-0.15, -0.1) is 0 Å². The summed E-state index contributed by atoms with van der Waals surface area (Å²) in [5, 5.41) is 3.57. The molecule has 1 aromatic carbocycles. The highest BCUT2D eigenvalue weighted by Crippen LogP contribution is 2.37. The zero-order valence-electron chi connectivity index (χ0n) is 16.9. The van der Waals surface area contributed by atoms with E-state index in [0.29, 0.717) is 38.1 Å². The van der Waals surface area contributed by atoms with Gasteiger partial charge in [-0.25, -0.2) is 4.98 Å². The average Bonchev–Trinajstić information content (AvgIpc) is 3.22. The molecular weight excluding hydrogens is 370 g/mol. The van der Waals surface area contributed by atoms with Crippen LogP contribution >= 0.6 is 0 Å². The molecule has 1 atom stereocenters. The topological polar surface area (TPSA) is 90.6 Å². The van der Waals surface area contributed by atoms with Gasteiger partial charge in [-0.2, -0.15) is 0 Å². The highest BCUT2D eigenvalue weighted by molar-refractivity contribution is 5.82. The largest absolute Gasteiger partial charge is 0.484 e. The van der Waals surface area contributed by atoms with Crippen molar-refractivity contribution in [1.29, 1.82) is 0 Å². The monoisotopic (exact) mass is 397 g/mol. The number of aromatic nitrogens is 2. The maximum absolute atomic E-state index is 12.6. The molecule has 4 rings (SSSR count). The molecule has 2 amide bonds. The molecule has 1 saturated heterocycles. The normalized spacial score (nSPS) is 20.2. The summed E-state index contributed by atoms with van der Waals surface area (Å²) in [6.07, 6.45) is 3.71. The number of likely N-dealkylation sites (tertiary alicyclic amines) is 1. The molecule has 154 valence electrons. The van der Waals surface area contributed by atoms with Gasteiger partial charge < -0.3 is 19.5 Å². The fourth-order valence-electron chi connectivity index (χ4n) is 4.28. The predicted molar refractivity (Wildman–Crippen MR) is 107 cm³/mol. The van der Waals surface area contributed by atoms with Crippen LogP contribution in [0.15, 0.2) is 36.7 Å². The van der Waals surface area contributed by atoms with E-state index in [1.165, 1.54) is 0 Å². The molecule has 0 radical (unpaired) electrons. The number of para-hydroxylation sites is 1. The van der Waals surface area contributed by atoms with E-state index >= 15 is 0 Å². The SMILES string of the molecule is CN(C)C(=O)[C@@H]1Cc2[nH]cnc2C2(CCN(C(=O)COc3ccccc3)CC2)N1. The second-order valence-electron chi connectivity index (χ2n) is 7.93. The van der Waals surface area contributed by atoms with Gasteiger partial charge in [0.25, 0.3) is 5.91 Å². The fraction of sp³-hybridized carbons (Fsp3) is 0.476. The second kappa shape index (κ2) is 7.87. The van der Waals surface area contributed by atoms with Gasteiger partial charge in [0.05, 0.1) is 23.6 Å². The van der Waals surface area contributed by atoms with Crippen LogP contribution in [0.5, 0.6) is 5.75 Å². The van der Waals surface area contributed by atoms with Gasteiger partial charge in [0.15, 0.2) is 6.61 Å². The van der Waals surface area contributed by atoms with Crippen molar-refractivity contribution in [3.05, 3.63) is 48.0 Å². The van der Waals surface area contributed by atoms with Crippen LogP contribution in [0.3, 0.4) is 0 Å². The maximum Gasteiger partial charge on any atom is 0.260 e. The third-order valence-electron chi connectivity index (χ3n) is 5.84. The van der Waals surface area contributed by atoms with Crippen molar-refractivity contribution >= 4 is 11.8 Å². The number of nitrogens with one attached hydrogen (secondary N) is 2. The Balaban J connectivity index is 1.42. The van der Waals surface area contributed by atoms with Crippen LogP contribution in [0.2, 0.25) is 0 Å². The summed E-state index contributed by atoms with van der Waals surface area (Å²) in [5.41, 5.74) is 1.60. The Kier molecular flexibility index (Phi) is 5.27. The quantitative estimate of drug-likeness (QED) is 0.800. The maximum atomic E-state index is 12.6. The van der Waals surface area contributed by atoms with Crippen molar-refractivity contribution in [1.82, 2.24) is 25.1 Å². The summed E-state index contributed by atoms with van der Waals surface area (Å²) >= 11 is 0. The average molecular weight is 397 g/mol. The van der Waals surface area contributed by atoms with E-state index in [0.717, 1.165) is 11.4 Å². The first-order chi connectivity index (χ1) is 14.0. The third-order valence-corrected chi connectivity index (χ3v) is 5.84. The number of piperidine rings is 1. The van der Waals surface area contributed by atoms with Crippen LogP contribution in [0.25, 0.3) is 0 Å². The van der Waals surface area contributed by atoms with Gasteiger partial charge in [0, 0.05) is 39.3 Å². The molecule has 0 aliphatic carbocycles. The molecule has 0 bridgehead atoms. The number of hydrogen-bond acceptors (Lipinski definition) is 5. The van der Waals surface area contributed by atoms with E-state index in [2.05, 4.69) is 15.3 Å². The molecular formula is C21H27N5O3. The highest BCUT2D eigenvalue weighted by atomic mass is 16.5. The van der Waals surface area contributed by atoms with Gasteiger partial charge in [0.2, 0.25) is 5.91 Å². The minimum Gasteiger partial charge on any atom is -0.484 e. The van der Waals surface area contributed by atoms with Crippen LogP contribution in [-0.4, -0.2) is 71.4 Å². The van der Waals surface area contributed by atoms with E-state index in [-0.39, 0.29) is 30.0 Å². The van der Waals surface area contributed by atoms with Crippen molar-refractivity contribution in [2.75, 3.05) is 33.8 Å². The number of aromatic amines is 1. The minimum absolute atomic E-state index is 0.0253. The number of ether oxygens (including phenoxy) is 1. The summed E-state index contributed by atoms with van der Waals surface area (Å²) in [4.78, 5) is 36.4. The number of likely N-dealkylation sites (N-methyl/N-ethyl adjacent to an activating group) is 1. The lowest BCUT2D eigenvalue weighted by atomic mass is 9.78. The number of imidazole rings is 1. The summed E-state index contributed by atoms with van der Waals surface area (Å²) in [7, 11) is 3.54.